The molecule has 1 N–H and O–H groups in total. The Morgan fingerprint density at radius 2 is 2.15 bits per heavy atom. The summed E-state index contributed by atoms with van der Waals surface area (Å²) in [5.41, 5.74) is 4.70. The molecule has 2 heterocycles. The van der Waals surface area contributed by atoms with Gasteiger partial charge in [0.05, 0.1) is 10.2 Å². The number of aromatic nitrogens is 2. The predicted octanol–water partition coefficient (Wildman–Crippen LogP) is 4.17. The van der Waals surface area contributed by atoms with Crippen LogP contribution in [-0.4, -0.2) is 9.97 Å². The molecule has 0 atom stereocenters. The van der Waals surface area contributed by atoms with Crippen LogP contribution in [0.25, 0.3) is 10.2 Å². The molecule has 0 spiro atoms. The third-order valence-electron chi connectivity index (χ3n) is 3.41. The van der Waals surface area contributed by atoms with Crippen molar-refractivity contribution >= 4 is 26.7 Å². The van der Waals surface area contributed by atoms with Crippen molar-refractivity contribution in [2.24, 2.45) is 0 Å². The number of aryl methyl sites for hydroxylation is 2. The zero-order chi connectivity index (χ0) is 13.9. The van der Waals surface area contributed by atoms with E-state index in [2.05, 4.69) is 46.5 Å². The second-order valence-corrected chi connectivity index (χ2v) is 5.81. The number of rotatable bonds is 4. The average molecular weight is 283 g/mol. The highest BCUT2D eigenvalue weighted by Gasteiger charge is 2.05. The highest BCUT2D eigenvalue weighted by molar-refractivity contribution is 7.22. The van der Waals surface area contributed by atoms with Crippen LogP contribution in [0, 0.1) is 6.92 Å². The zero-order valence-corrected chi connectivity index (χ0v) is 12.5. The maximum absolute atomic E-state index is 4.62. The molecular weight excluding hydrogens is 266 g/mol. The molecule has 0 fully saturated rings. The van der Waals surface area contributed by atoms with E-state index in [1.807, 2.05) is 19.2 Å². The lowest BCUT2D eigenvalue weighted by molar-refractivity contribution is 1.05. The maximum Gasteiger partial charge on any atom is 0.184 e. The molecule has 3 aromatic rings. The Balaban J connectivity index is 1.79. The molecule has 4 heteroatoms. The second kappa shape index (κ2) is 5.59. The molecule has 0 aliphatic heterocycles. The molecule has 0 unspecified atom stereocenters. The number of benzene rings is 1. The molecule has 0 saturated heterocycles. The van der Waals surface area contributed by atoms with Crippen LogP contribution in [-0.2, 0) is 13.0 Å². The van der Waals surface area contributed by atoms with E-state index < -0.39 is 0 Å². The second-order valence-electron chi connectivity index (χ2n) is 4.78. The van der Waals surface area contributed by atoms with Gasteiger partial charge in [0.2, 0.25) is 0 Å². The number of thiazole rings is 1. The lowest BCUT2D eigenvalue weighted by Gasteiger charge is -2.04. The first-order chi connectivity index (χ1) is 9.76. The Bertz CT molecular complexity index is 733. The van der Waals surface area contributed by atoms with E-state index in [9.17, 15) is 0 Å². The molecule has 0 aliphatic rings. The number of pyridine rings is 1. The van der Waals surface area contributed by atoms with Gasteiger partial charge in [0.1, 0.15) is 0 Å². The van der Waals surface area contributed by atoms with Gasteiger partial charge < -0.3 is 5.32 Å². The van der Waals surface area contributed by atoms with Gasteiger partial charge in [0.15, 0.2) is 5.13 Å². The van der Waals surface area contributed by atoms with Gasteiger partial charge in [0.25, 0.3) is 0 Å². The first kappa shape index (κ1) is 13.1. The lowest BCUT2D eigenvalue weighted by atomic mass is 10.2. The van der Waals surface area contributed by atoms with Crippen molar-refractivity contribution in [2.45, 2.75) is 26.8 Å². The summed E-state index contributed by atoms with van der Waals surface area (Å²) < 4.78 is 1.25. The summed E-state index contributed by atoms with van der Waals surface area (Å²) in [6.07, 6.45) is 2.88. The highest BCUT2D eigenvalue weighted by Crippen LogP contribution is 2.27. The van der Waals surface area contributed by atoms with Crippen molar-refractivity contribution in [2.75, 3.05) is 5.32 Å². The van der Waals surface area contributed by atoms with Crippen LogP contribution in [0.1, 0.15) is 23.7 Å². The van der Waals surface area contributed by atoms with Crippen LogP contribution in [0.15, 0.2) is 36.5 Å². The van der Waals surface area contributed by atoms with Gasteiger partial charge in [-0.25, -0.2) is 4.98 Å². The van der Waals surface area contributed by atoms with E-state index in [0.29, 0.717) is 0 Å². The minimum Gasteiger partial charge on any atom is -0.357 e. The molecular formula is C16H17N3S. The van der Waals surface area contributed by atoms with E-state index in [1.165, 1.54) is 15.8 Å². The first-order valence-electron chi connectivity index (χ1n) is 6.80. The third kappa shape index (κ3) is 2.65. The van der Waals surface area contributed by atoms with Crippen molar-refractivity contribution in [1.82, 2.24) is 9.97 Å². The number of nitrogens with zero attached hydrogens (tertiary/aromatic N) is 2. The number of fused-ring (bicyclic) bond motifs is 1. The fourth-order valence-corrected chi connectivity index (χ4v) is 3.06. The Labute approximate surface area is 122 Å². The molecule has 1 aromatic carbocycles. The summed E-state index contributed by atoms with van der Waals surface area (Å²) in [6.45, 7) is 4.97. The molecule has 0 bridgehead atoms. The molecule has 3 rings (SSSR count). The van der Waals surface area contributed by atoms with Crippen molar-refractivity contribution in [3.63, 3.8) is 0 Å². The Morgan fingerprint density at radius 3 is 2.95 bits per heavy atom. The van der Waals surface area contributed by atoms with Gasteiger partial charge in [-0.2, -0.15) is 0 Å². The molecule has 20 heavy (non-hydrogen) atoms. The summed E-state index contributed by atoms with van der Waals surface area (Å²) in [5, 5.41) is 4.37. The van der Waals surface area contributed by atoms with Crippen LogP contribution in [0.4, 0.5) is 5.13 Å². The summed E-state index contributed by atoms with van der Waals surface area (Å²) in [5.74, 6) is 0. The van der Waals surface area contributed by atoms with Crippen LogP contribution >= 0.6 is 11.3 Å². The van der Waals surface area contributed by atoms with E-state index in [-0.39, 0.29) is 0 Å². The number of hydrogen-bond acceptors (Lipinski definition) is 4. The zero-order valence-electron chi connectivity index (χ0n) is 11.7. The molecule has 0 amide bonds. The summed E-state index contributed by atoms with van der Waals surface area (Å²) >= 11 is 1.71. The van der Waals surface area contributed by atoms with E-state index in [4.69, 9.17) is 0 Å². The van der Waals surface area contributed by atoms with Gasteiger partial charge in [-0.1, -0.05) is 30.4 Å². The first-order valence-corrected chi connectivity index (χ1v) is 7.61. The monoisotopic (exact) mass is 283 g/mol. The number of nitrogens with one attached hydrogen (secondary N) is 1. The van der Waals surface area contributed by atoms with Gasteiger partial charge in [-0.05, 0) is 42.7 Å². The number of anilines is 1. The third-order valence-corrected chi connectivity index (χ3v) is 4.38. The quantitative estimate of drug-likeness (QED) is 0.780. The van der Waals surface area contributed by atoms with Crippen molar-refractivity contribution < 1.29 is 0 Å². The molecule has 0 saturated carbocycles. The van der Waals surface area contributed by atoms with Crippen molar-refractivity contribution in [3.8, 4) is 0 Å². The topological polar surface area (TPSA) is 37.8 Å². The summed E-state index contributed by atoms with van der Waals surface area (Å²) in [4.78, 5) is 8.92. The van der Waals surface area contributed by atoms with Crippen LogP contribution in [0.2, 0.25) is 0 Å². The fourth-order valence-electron chi connectivity index (χ4n) is 2.14. The van der Waals surface area contributed by atoms with Crippen molar-refractivity contribution in [3.05, 3.63) is 53.3 Å². The molecule has 0 aliphatic carbocycles. The van der Waals surface area contributed by atoms with Crippen LogP contribution in [0.3, 0.4) is 0 Å². The molecule has 102 valence electrons. The Kier molecular flexibility index (Phi) is 3.65. The SMILES string of the molecule is CCc1ccc2nc(NCc3cccnc3C)sc2c1. The average Bonchev–Trinajstić information content (AvgIpc) is 2.88. The summed E-state index contributed by atoms with van der Waals surface area (Å²) in [6, 6.07) is 10.5. The normalized spacial score (nSPS) is 10.9. The molecule has 0 radical (unpaired) electrons. The highest BCUT2D eigenvalue weighted by atomic mass is 32.1. The Hall–Kier alpha value is -1.94. The maximum atomic E-state index is 4.62. The smallest absolute Gasteiger partial charge is 0.184 e. The fraction of sp³-hybridized carbons (Fsp3) is 0.250. The van der Waals surface area contributed by atoms with E-state index >= 15 is 0 Å². The minimum atomic E-state index is 0.764. The molecule has 2 aromatic heterocycles. The Morgan fingerprint density at radius 1 is 1.25 bits per heavy atom. The van der Waals surface area contributed by atoms with E-state index in [0.717, 1.165) is 29.3 Å². The largest absolute Gasteiger partial charge is 0.357 e. The standard InChI is InChI=1S/C16H17N3S/c1-3-12-6-7-14-15(9-12)20-16(19-14)18-10-13-5-4-8-17-11(13)2/h4-9H,3,10H2,1-2H3,(H,18,19). The van der Waals surface area contributed by atoms with Crippen LogP contribution in [0.5, 0.6) is 0 Å². The predicted molar refractivity (Wildman–Crippen MR) is 85.3 cm³/mol. The minimum absolute atomic E-state index is 0.764. The molecule has 3 nitrogen and oxygen atoms in total. The van der Waals surface area contributed by atoms with E-state index in [1.54, 1.807) is 11.3 Å². The lowest BCUT2D eigenvalue weighted by Crippen LogP contribution is -2.01. The summed E-state index contributed by atoms with van der Waals surface area (Å²) in [7, 11) is 0. The van der Waals surface area contributed by atoms with Crippen LogP contribution < -0.4 is 5.32 Å². The number of hydrogen-bond donors (Lipinski definition) is 1. The van der Waals surface area contributed by atoms with Gasteiger partial charge in [-0.3, -0.25) is 4.98 Å². The van der Waals surface area contributed by atoms with Gasteiger partial charge in [-0.15, -0.1) is 0 Å². The van der Waals surface area contributed by atoms with Gasteiger partial charge >= 0.3 is 0 Å². The van der Waals surface area contributed by atoms with Gasteiger partial charge in [0, 0.05) is 18.4 Å². The van der Waals surface area contributed by atoms with Crippen molar-refractivity contribution in [1.29, 1.82) is 0 Å².